The Balaban J connectivity index is 1.39. The molecule has 2 aliphatic heterocycles. The summed E-state index contributed by atoms with van der Waals surface area (Å²) >= 11 is 1.37. The molecule has 0 aliphatic carbocycles. The molecule has 0 unspecified atom stereocenters. The number of benzene rings is 1. The van der Waals surface area contributed by atoms with Crippen molar-refractivity contribution >= 4 is 35.5 Å². The molecule has 3 amide bonds. The number of aryl methyl sites for hydroxylation is 2. The lowest BCUT2D eigenvalue weighted by atomic mass is 10.0. The number of thioether (sulfide) groups is 1. The van der Waals surface area contributed by atoms with Crippen molar-refractivity contribution in [3.8, 4) is 0 Å². The monoisotopic (exact) mass is 484 g/mol. The maximum Gasteiger partial charge on any atom is 0.352 e. The number of hydrogen-bond donors (Lipinski definition) is 3. The summed E-state index contributed by atoms with van der Waals surface area (Å²) in [5.74, 6) is -2.08. The Morgan fingerprint density at radius 1 is 1.26 bits per heavy atom. The lowest BCUT2D eigenvalue weighted by Crippen LogP contribution is -2.70. The second kappa shape index (κ2) is 10.1. The molecule has 0 spiro atoms. The van der Waals surface area contributed by atoms with Crippen molar-refractivity contribution in [2.24, 2.45) is 7.05 Å². The molecule has 11 nitrogen and oxygen atoms in total. The first-order chi connectivity index (χ1) is 16.3. The molecular formula is C22H24N6O5S. The van der Waals surface area contributed by atoms with Crippen molar-refractivity contribution in [2.75, 3.05) is 5.75 Å². The van der Waals surface area contributed by atoms with E-state index in [1.54, 1.807) is 48.3 Å². The van der Waals surface area contributed by atoms with Gasteiger partial charge in [-0.05, 0) is 24.5 Å². The van der Waals surface area contributed by atoms with Crippen molar-refractivity contribution in [3.63, 3.8) is 0 Å². The van der Waals surface area contributed by atoms with E-state index in [1.807, 2.05) is 0 Å². The second-order valence-electron chi connectivity index (χ2n) is 7.96. The van der Waals surface area contributed by atoms with Crippen LogP contribution in [0.1, 0.15) is 30.1 Å². The quantitative estimate of drug-likeness (QED) is 0.433. The highest BCUT2D eigenvalue weighted by molar-refractivity contribution is 8.00. The van der Waals surface area contributed by atoms with E-state index in [9.17, 15) is 24.3 Å². The molecule has 0 saturated carbocycles. The number of carboxylic acid groups (broad SMARTS) is 1. The maximum atomic E-state index is 13.2. The summed E-state index contributed by atoms with van der Waals surface area (Å²) in [5.41, 5.74) is 1.28. The first-order valence-corrected chi connectivity index (χ1v) is 11.8. The topological polar surface area (TPSA) is 147 Å². The van der Waals surface area contributed by atoms with Gasteiger partial charge in [-0.25, -0.2) is 4.79 Å². The van der Waals surface area contributed by atoms with E-state index in [-0.39, 0.29) is 18.0 Å². The molecule has 3 heterocycles. The number of carbonyl (C=O) groups is 4. The Labute approximate surface area is 199 Å². The summed E-state index contributed by atoms with van der Waals surface area (Å²) in [5, 5.41) is 22.1. The molecule has 2 aromatic rings. The van der Waals surface area contributed by atoms with Crippen molar-refractivity contribution in [1.82, 2.24) is 30.5 Å². The normalized spacial score (nSPS) is 20.0. The summed E-state index contributed by atoms with van der Waals surface area (Å²) in [4.78, 5) is 51.0. The average molecular weight is 485 g/mol. The molecule has 34 heavy (non-hydrogen) atoms. The molecule has 12 heteroatoms. The van der Waals surface area contributed by atoms with Crippen molar-refractivity contribution in [1.29, 1.82) is 0 Å². The standard InChI is InChI=1S/C22H24N6O5S/c1-27-12-14(25-26-27)8-5-9-16(29)23-17(13-6-3-2-4-7-13)19(30)24-18-20(31)28-15(22(32)33)10-11-34-21(18)28/h2-4,6-7,10,12,17-18,21H,5,8-9,11H2,1H3,(H,23,29)(H,24,30)(H,32,33)/t17-,18-,21-/m1/s1. The Bertz CT molecular complexity index is 1130. The van der Waals surface area contributed by atoms with E-state index in [1.165, 1.54) is 22.7 Å². The van der Waals surface area contributed by atoms with Crippen LogP contribution in [0.5, 0.6) is 0 Å². The highest BCUT2D eigenvalue weighted by Crippen LogP contribution is 2.37. The Hall–Kier alpha value is -3.67. The van der Waals surface area contributed by atoms with Gasteiger partial charge in [0.15, 0.2) is 0 Å². The minimum Gasteiger partial charge on any atom is -0.477 e. The molecular weight excluding hydrogens is 460 g/mol. The molecule has 4 rings (SSSR count). The van der Waals surface area contributed by atoms with Gasteiger partial charge in [-0.3, -0.25) is 24.0 Å². The zero-order valence-corrected chi connectivity index (χ0v) is 19.2. The molecule has 3 N–H and O–H groups in total. The summed E-state index contributed by atoms with van der Waals surface area (Å²) in [6.07, 6.45) is 4.56. The molecule has 3 atom stereocenters. The smallest absolute Gasteiger partial charge is 0.352 e. The molecule has 1 aromatic carbocycles. The molecule has 1 aromatic heterocycles. The average Bonchev–Trinajstić information content (AvgIpc) is 3.25. The zero-order chi connectivity index (χ0) is 24.2. The SMILES string of the molecule is Cn1cc(CCCC(=O)N[C@@H](C(=O)N[C@@H]2C(=O)N3C(C(=O)O)=CCS[C@H]23)c2ccccc2)nn1. The number of aliphatic carboxylic acids is 1. The van der Waals surface area contributed by atoms with Gasteiger partial charge in [0.2, 0.25) is 11.8 Å². The second-order valence-corrected chi connectivity index (χ2v) is 9.11. The first kappa shape index (κ1) is 23.5. The Morgan fingerprint density at radius 2 is 2.03 bits per heavy atom. The number of β-lactam (4-membered cyclic amide) rings is 1. The number of rotatable bonds is 9. The van der Waals surface area contributed by atoms with Crippen LogP contribution < -0.4 is 10.6 Å². The molecule has 2 aliphatic rings. The van der Waals surface area contributed by atoms with Gasteiger partial charge in [-0.15, -0.1) is 16.9 Å². The van der Waals surface area contributed by atoms with Crippen LogP contribution >= 0.6 is 11.8 Å². The van der Waals surface area contributed by atoms with Crippen molar-refractivity contribution in [2.45, 2.75) is 36.7 Å². The highest BCUT2D eigenvalue weighted by Gasteiger charge is 2.53. The number of aromatic nitrogens is 3. The number of carboxylic acids is 1. The van der Waals surface area contributed by atoms with Crippen molar-refractivity contribution in [3.05, 3.63) is 59.6 Å². The third-order valence-corrected chi connectivity index (χ3v) is 6.73. The number of nitrogens with one attached hydrogen (secondary N) is 2. The van der Waals surface area contributed by atoms with E-state index < -0.39 is 35.2 Å². The molecule has 1 fully saturated rings. The van der Waals surface area contributed by atoms with Gasteiger partial charge < -0.3 is 15.7 Å². The number of hydrogen-bond acceptors (Lipinski definition) is 7. The van der Waals surface area contributed by atoms with E-state index in [0.717, 1.165) is 5.69 Å². The van der Waals surface area contributed by atoms with Gasteiger partial charge in [-0.1, -0.05) is 35.5 Å². The first-order valence-electron chi connectivity index (χ1n) is 10.7. The predicted octanol–water partition coefficient (Wildman–Crippen LogP) is 0.364. The maximum absolute atomic E-state index is 13.2. The highest BCUT2D eigenvalue weighted by atomic mass is 32.2. The minimum absolute atomic E-state index is 0.0738. The summed E-state index contributed by atoms with van der Waals surface area (Å²) < 4.78 is 1.59. The van der Waals surface area contributed by atoms with Crippen LogP contribution in [0.3, 0.4) is 0 Å². The minimum atomic E-state index is -1.18. The molecule has 178 valence electrons. The van der Waals surface area contributed by atoms with Crippen molar-refractivity contribution < 1.29 is 24.3 Å². The molecule has 1 saturated heterocycles. The largest absolute Gasteiger partial charge is 0.477 e. The van der Waals surface area contributed by atoms with Gasteiger partial charge in [0, 0.05) is 25.4 Å². The summed E-state index contributed by atoms with van der Waals surface area (Å²) in [6, 6.07) is 6.90. The van der Waals surface area contributed by atoms with Crippen LogP contribution in [0.15, 0.2) is 48.3 Å². The fourth-order valence-electron chi connectivity index (χ4n) is 3.89. The van der Waals surface area contributed by atoms with Crippen LogP contribution in [-0.4, -0.2) is 65.9 Å². The third-order valence-electron chi connectivity index (χ3n) is 5.55. The summed E-state index contributed by atoms with van der Waals surface area (Å²) in [6.45, 7) is 0. The van der Waals surface area contributed by atoms with Crippen LogP contribution in [-0.2, 0) is 32.6 Å². The zero-order valence-electron chi connectivity index (χ0n) is 18.4. The Kier molecular flexibility index (Phi) is 6.96. The van der Waals surface area contributed by atoms with E-state index in [0.29, 0.717) is 24.2 Å². The van der Waals surface area contributed by atoms with Gasteiger partial charge in [-0.2, -0.15) is 0 Å². The summed E-state index contributed by atoms with van der Waals surface area (Å²) in [7, 11) is 1.77. The van der Waals surface area contributed by atoms with Crippen LogP contribution in [0.25, 0.3) is 0 Å². The van der Waals surface area contributed by atoms with Gasteiger partial charge in [0.25, 0.3) is 5.91 Å². The molecule has 0 bridgehead atoms. The van der Waals surface area contributed by atoms with Gasteiger partial charge in [0.05, 0.1) is 5.69 Å². The number of amides is 3. The van der Waals surface area contributed by atoms with E-state index >= 15 is 0 Å². The number of fused-ring (bicyclic) bond motifs is 1. The van der Waals surface area contributed by atoms with E-state index in [4.69, 9.17) is 0 Å². The predicted molar refractivity (Wildman–Crippen MR) is 122 cm³/mol. The fourth-order valence-corrected chi connectivity index (χ4v) is 5.09. The lowest BCUT2D eigenvalue weighted by molar-refractivity contribution is -0.151. The van der Waals surface area contributed by atoms with E-state index in [2.05, 4.69) is 20.9 Å². The van der Waals surface area contributed by atoms with Gasteiger partial charge in [0.1, 0.15) is 23.2 Å². The van der Waals surface area contributed by atoms with Crippen LogP contribution in [0, 0.1) is 0 Å². The number of nitrogens with zero attached hydrogens (tertiary/aromatic N) is 4. The lowest BCUT2D eigenvalue weighted by Gasteiger charge is -2.48. The third kappa shape index (κ3) is 4.96. The molecule has 0 radical (unpaired) electrons. The Morgan fingerprint density at radius 3 is 2.71 bits per heavy atom. The number of carbonyl (C=O) groups excluding carboxylic acids is 3. The van der Waals surface area contributed by atoms with Gasteiger partial charge >= 0.3 is 5.97 Å². The fraction of sp³-hybridized carbons (Fsp3) is 0.364. The van der Waals surface area contributed by atoms with Crippen LogP contribution in [0.2, 0.25) is 0 Å². The van der Waals surface area contributed by atoms with Crippen LogP contribution in [0.4, 0.5) is 0 Å².